The summed E-state index contributed by atoms with van der Waals surface area (Å²) in [5.41, 5.74) is -2.14. The summed E-state index contributed by atoms with van der Waals surface area (Å²) in [7, 11) is 0. The summed E-state index contributed by atoms with van der Waals surface area (Å²) >= 11 is 0.780. The molecule has 0 unspecified atom stereocenters. The average molecular weight is 540 g/mol. The predicted molar refractivity (Wildman–Crippen MR) is 140 cm³/mol. The lowest BCUT2D eigenvalue weighted by Crippen LogP contribution is -2.41. The number of carbonyl (C=O) groups is 2. The minimum absolute atomic E-state index is 0.0141. The Morgan fingerprint density at radius 1 is 1.16 bits per heavy atom. The Labute approximate surface area is 220 Å². The predicted octanol–water partition coefficient (Wildman–Crippen LogP) is 6.22. The molecule has 1 aliphatic rings. The zero-order valence-electron chi connectivity index (χ0n) is 22.6. The number of thiazole rings is 1. The van der Waals surface area contributed by atoms with Crippen LogP contribution in [0.1, 0.15) is 94.1 Å². The van der Waals surface area contributed by atoms with E-state index >= 15 is 0 Å². The number of likely N-dealkylation sites (tertiary alicyclic amines) is 1. The number of halogens is 3. The highest BCUT2D eigenvalue weighted by Gasteiger charge is 2.38. The van der Waals surface area contributed by atoms with E-state index in [4.69, 9.17) is 0 Å². The molecular weight excluding hydrogens is 503 g/mol. The lowest BCUT2D eigenvalue weighted by Gasteiger charge is -2.27. The van der Waals surface area contributed by atoms with Gasteiger partial charge >= 0.3 is 6.18 Å². The standard InChI is InChI=1S/C26H36F3N5O2S/c1-14-10-9-11-34(14)23(36)19-20(37-22(32-19)21(35)31-15(2)24(3,4)5)16-13-30-18(33-25(6,7)8)12-17(16)26(27,28)29/h12-15H,9-11H2,1-8H3,(H,30,33)(H,31,35)/t14-,15-/m0/s1. The number of pyridine rings is 1. The van der Waals surface area contributed by atoms with Crippen molar-refractivity contribution in [2.24, 2.45) is 5.41 Å². The first-order chi connectivity index (χ1) is 16.9. The highest BCUT2D eigenvalue weighted by Crippen LogP contribution is 2.42. The van der Waals surface area contributed by atoms with Gasteiger partial charge in [-0.1, -0.05) is 20.8 Å². The van der Waals surface area contributed by atoms with E-state index in [1.165, 1.54) is 0 Å². The number of aromatic nitrogens is 2. The van der Waals surface area contributed by atoms with E-state index < -0.39 is 29.1 Å². The number of rotatable bonds is 5. The highest BCUT2D eigenvalue weighted by molar-refractivity contribution is 7.17. The van der Waals surface area contributed by atoms with E-state index in [1.54, 1.807) is 4.90 Å². The molecule has 1 fully saturated rings. The monoisotopic (exact) mass is 539 g/mol. The van der Waals surface area contributed by atoms with E-state index in [-0.39, 0.29) is 44.5 Å². The molecule has 3 rings (SSSR count). The third-order valence-electron chi connectivity index (χ3n) is 6.44. The fourth-order valence-corrected chi connectivity index (χ4v) is 4.90. The van der Waals surface area contributed by atoms with Gasteiger partial charge in [0.15, 0.2) is 5.01 Å². The molecule has 2 atom stereocenters. The van der Waals surface area contributed by atoms with Gasteiger partial charge in [-0.25, -0.2) is 9.97 Å². The van der Waals surface area contributed by atoms with Crippen molar-refractivity contribution in [1.82, 2.24) is 20.2 Å². The molecule has 2 amide bonds. The third-order valence-corrected chi connectivity index (χ3v) is 7.53. The van der Waals surface area contributed by atoms with Gasteiger partial charge < -0.3 is 15.5 Å². The molecule has 1 saturated heterocycles. The van der Waals surface area contributed by atoms with Gasteiger partial charge in [0.25, 0.3) is 11.8 Å². The molecular formula is C26H36F3N5O2S. The largest absolute Gasteiger partial charge is 0.417 e. The molecule has 7 nitrogen and oxygen atoms in total. The van der Waals surface area contributed by atoms with Crippen molar-refractivity contribution in [2.45, 2.75) is 92.0 Å². The van der Waals surface area contributed by atoms with E-state index in [1.807, 2.05) is 55.4 Å². The van der Waals surface area contributed by atoms with Crippen LogP contribution in [0.25, 0.3) is 10.4 Å². The van der Waals surface area contributed by atoms with Gasteiger partial charge in [-0.15, -0.1) is 11.3 Å². The van der Waals surface area contributed by atoms with Crippen LogP contribution in [-0.2, 0) is 6.18 Å². The van der Waals surface area contributed by atoms with E-state index in [2.05, 4.69) is 20.6 Å². The maximum atomic E-state index is 14.3. The number of alkyl halides is 3. The molecule has 37 heavy (non-hydrogen) atoms. The van der Waals surface area contributed by atoms with Crippen molar-refractivity contribution in [3.63, 3.8) is 0 Å². The molecule has 2 N–H and O–H groups in total. The van der Waals surface area contributed by atoms with E-state index in [0.29, 0.717) is 6.54 Å². The van der Waals surface area contributed by atoms with Crippen molar-refractivity contribution < 1.29 is 22.8 Å². The Morgan fingerprint density at radius 2 is 1.81 bits per heavy atom. The van der Waals surface area contributed by atoms with Gasteiger partial charge in [-0.3, -0.25) is 9.59 Å². The summed E-state index contributed by atoms with van der Waals surface area (Å²) < 4.78 is 42.8. The van der Waals surface area contributed by atoms with Crippen molar-refractivity contribution >= 4 is 29.0 Å². The van der Waals surface area contributed by atoms with Crippen molar-refractivity contribution in [1.29, 1.82) is 0 Å². The van der Waals surface area contributed by atoms with Crippen LogP contribution in [0.2, 0.25) is 0 Å². The summed E-state index contributed by atoms with van der Waals surface area (Å²) in [5, 5.41) is 5.75. The fraction of sp³-hybridized carbons (Fsp3) is 0.615. The molecule has 2 aromatic heterocycles. The molecule has 0 saturated carbocycles. The van der Waals surface area contributed by atoms with Crippen LogP contribution in [0.4, 0.5) is 19.0 Å². The van der Waals surface area contributed by atoms with Crippen LogP contribution in [0.5, 0.6) is 0 Å². The lowest BCUT2D eigenvalue weighted by molar-refractivity contribution is -0.137. The molecule has 1 aliphatic heterocycles. The lowest BCUT2D eigenvalue weighted by atomic mass is 9.88. The summed E-state index contributed by atoms with van der Waals surface area (Å²) in [5.74, 6) is -0.954. The minimum Gasteiger partial charge on any atom is -0.365 e. The highest BCUT2D eigenvalue weighted by atomic mass is 32.1. The summed E-state index contributed by atoms with van der Waals surface area (Å²) in [6.45, 7) is 15.6. The van der Waals surface area contributed by atoms with Crippen LogP contribution in [0, 0.1) is 5.41 Å². The van der Waals surface area contributed by atoms with Gasteiger partial charge in [0, 0.05) is 35.9 Å². The molecule has 0 spiro atoms. The molecule has 0 bridgehead atoms. The molecule has 11 heteroatoms. The number of amides is 2. The Hall–Kier alpha value is -2.69. The average Bonchev–Trinajstić information content (AvgIpc) is 3.37. The summed E-state index contributed by atoms with van der Waals surface area (Å²) in [6, 6.07) is 0.633. The summed E-state index contributed by atoms with van der Waals surface area (Å²) in [6.07, 6.45) is -2.02. The Balaban J connectivity index is 2.15. The van der Waals surface area contributed by atoms with Crippen molar-refractivity contribution in [2.75, 3.05) is 11.9 Å². The third kappa shape index (κ3) is 6.80. The van der Waals surface area contributed by atoms with Gasteiger partial charge in [-0.05, 0) is 58.9 Å². The number of hydrogen-bond acceptors (Lipinski definition) is 6. The van der Waals surface area contributed by atoms with Gasteiger partial charge in [-0.2, -0.15) is 13.2 Å². The summed E-state index contributed by atoms with van der Waals surface area (Å²) in [4.78, 5) is 36.7. The molecule has 3 heterocycles. The molecule has 0 aliphatic carbocycles. The SMILES string of the molecule is C[C@H](NC(=O)c1nc(C(=O)N2CCC[C@@H]2C)c(-c2cnc(NC(C)(C)C)cc2C(F)(F)F)s1)C(C)(C)C. The number of nitrogens with zero attached hydrogens (tertiary/aromatic N) is 3. The van der Waals surface area contributed by atoms with Crippen molar-refractivity contribution in [3.05, 3.63) is 28.5 Å². The first-order valence-electron chi connectivity index (χ1n) is 12.4. The molecule has 2 aromatic rings. The van der Waals surface area contributed by atoms with Crippen LogP contribution in [0.3, 0.4) is 0 Å². The number of anilines is 1. The zero-order valence-corrected chi connectivity index (χ0v) is 23.4. The van der Waals surface area contributed by atoms with E-state index in [0.717, 1.165) is 36.4 Å². The first kappa shape index (κ1) is 28.9. The first-order valence-corrected chi connectivity index (χ1v) is 13.2. The maximum Gasteiger partial charge on any atom is 0.417 e. The van der Waals surface area contributed by atoms with Gasteiger partial charge in [0.2, 0.25) is 0 Å². The Kier molecular flexibility index (Phi) is 7.98. The molecule has 0 radical (unpaired) electrons. The van der Waals surface area contributed by atoms with E-state index in [9.17, 15) is 22.8 Å². The van der Waals surface area contributed by atoms with Crippen LogP contribution < -0.4 is 10.6 Å². The fourth-order valence-electron chi connectivity index (χ4n) is 3.91. The zero-order chi connectivity index (χ0) is 27.9. The van der Waals surface area contributed by atoms with Gasteiger partial charge in [0.1, 0.15) is 11.5 Å². The Morgan fingerprint density at radius 3 is 2.32 bits per heavy atom. The van der Waals surface area contributed by atoms with Crippen LogP contribution >= 0.6 is 11.3 Å². The number of nitrogens with one attached hydrogen (secondary N) is 2. The number of carbonyl (C=O) groups excluding carboxylic acids is 2. The smallest absolute Gasteiger partial charge is 0.365 e. The number of hydrogen-bond donors (Lipinski definition) is 2. The second kappa shape index (κ2) is 10.2. The molecule has 204 valence electrons. The topological polar surface area (TPSA) is 87.2 Å². The minimum atomic E-state index is -4.72. The second-order valence-electron chi connectivity index (χ2n) is 11.7. The maximum absolute atomic E-state index is 14.3. The second-order valence-corrected chi connectivity index (χ2v) is 12.7. The van der Waals surface area contributed by atoms with Crippen molar-refractivity contribution in [3.8, 4) is 10.4 Å². The molecule has 0 aromatic carbocycles. The van der Waals surface area contributed by atoms with Crippen LogP contribution in [-0.4, -0.2) is 50.8 Å². The van der Waals surface area contributed by atoms with Gasteiger partial charge in [0.05, 0.1) is 10.4 Å². The quantitative estimate of drug-likeness (QED) is 0.471. The Bertz CT molecular complexity index is 1160. The normalized spacial score (nSPS) is 17.6. The van der Waals surface area contributed by atoms with Crippen LogP contribution in [0.15, 0.2) is 12.3 Å².